The van der Waals surface area contributed by atoms with E-state index in [1.165, 1.54) is 6.42 Å². The van der Waals surface area contributed by atoms with E-state index in [2.05, 4.69) is 29.3 Å². The lowest BCUT2D eigenvalue weighted by Gasteiger charge is -2.19. The van der Waals surface area contributed by atoms with Gasteiger partial charge in [-0.1, -0.05) is 29.3 Å². The minimum absolute atomic E-state index is 0.348. The molecular weight excluding hydrogens is 174 g/mol. The lowest BCUT2D eigenvalue weighted by Crippen LogP contribution is -2.21. The molecule has 4 atom stereocenters. The van der Waals surface area contributed by atoms with E-state index in [0.29, 0.717) is 23.7 Å². The second-order valence-electron chi connectivity index (χ2n) is 4.26. The Labute approximate surface area is 83.0 Å². The molecule has 0 spiro atoms. The van der Waals surface area contributed by atoms with E-state index in [-0.39, 0.29) is 0 Å². The molecule has 0 saturated heterocycles. The molecule has 1 N–H and O–H groups in total. The van der Waals surface area contributed by atoms with Crippen LogP contribution in [-0.2, 0) is 0 Å². The zero-order valence-electron chi connectivity index (χ0n) is 7.72. The Hall–Kier alpha value is -1.49. The summed E-state index contributed by atoms with van der Waals surface area (Å²) in [6.45, 7) is 0. The number of fused-ring (bicyclic) bond motifs is 5. The Morgan fingerprint density at radius 1 is 1.43 bits per heavy atom. The van der Waals surface area contributed by atoms with Gasteiger partial charge in [-0.3, -0.25) is 0 Å². The van der Waals surface area contributed by atoms with Gasteiger partial charge in [-0.15, -0.1) is 6.42 Å². The van der Waals surface area contributed by atoms with E-state index in [9.17, 15) is 0 Å². The third-order valence-corrected chi connectivity index (χ3v) is 3.73. The predicted octanol–water partition coefficient (Wildman–Crippen LogP) is 1.83. The average Bonchev–Trinajstić information content (AvgIpc) is 2.87. The number of oxime groups is 1. The summed E-state index contributed by atoms with van der Waals surface area (Å²) in [5.41, 5.74) is 1.52. The fraction of sp³-hybridized carbons (Fsp3) is 0.417. The Balaban J connectivity index is 2.07. The Morgan fingerprint density at radius 3 is 2.93 bits per heavy atom. The van der Waals surface area contributed by atoms with Gasteiger partial charge in [-0.05, 0) is 24.2 Å². The highest BCUT2D eigenvalue weighted by molar-refractivity contribution is 6.08. The summed E-state index contributed by atoms with van der Waals surface area (Å²) in [6, 6.07) is 0. The van der Waals surface area contributed by atoms with Crippen LogP contribution in [-0.4, -0.2) is 10.9 Å². The van der Waals surface area contributed by atoms with Crippen LogP contribution in [0.4, 0.5) is 0 Å². The molecule has 0 aromatic carbocycles. The second kappa shape index (κ2) is 2.51. The van der Waals surface area contributed by atoms with E-state index in [1.807, 2.05) is 0 Å². The average molecular weight is 185 g/mol. The van der Waals surface area contributed by atoms with Gasteiger partial charge in [0.2, 0.25) is 0 Å². The van der Waals surface area contributed by atoms with Crippen molar-refractivity contribution in [2.45, 2.75) is 6.42 Å². The van der Waals surface area contributed by atoms with Gasteiger partial charge in [0, 0.05) is 11.5 Å². The molecule has 0 amide bonds. The summed E-state index contributed by atoms with van der Waals surface area (Å²) in [7, 11) is 0. The minimum atomic E-state index is 0.348. The van der Waals surface area contributed by atoms with Crippen molar-refractivity contribution in [2.75, 3.05) is 0 Å². The first kappa shape index (κ1) is 7.87. The van der Waals surface area contributed by atoms with Crippen LogP contribution in [0.5, 0.6) is 0 Å². The SMILES string of the molecule is C#CC1=CC2C3C=CC(C3)C2/C1=N/O. The monoisotopic (exact) mass is 185 g/mol. The normalized spacial score (nSPS) is 45.4. The highest BCUT2D eigenvalue weighted by Crippen LogP contribution is 2.53. The van der Waals surface area contributed by atoms with Crippen molar-refractivity contribution >= 4 is 5.71 Å². The Bertz CT molecular complexity index is 411. The van der Waals surface area contributed by atoms with Crippen molar-refractivity contribution in [1.82, 2.24) is 0 Å². The van der Waals surface area contributed by atoms with Crippen molar-refractivity contribution in [3.05, 3.63) is 23.8 Å². The van der Waals surface area contributed by atoms with Gasteiger partial charge in [-0.2, -0.15) is 0 Å². The number of rotatable bonds is 0. The standard InChI is InChI=1S/C12H11NO/c1-2-7-6-10-8-3-4-9(5-8)11(10)12(7)13-14/h1,3-4,6,8-11,14H,5H2/b13-12+. The molecular formula is C12H11NO. The van der Waals surface area contributed by atoms with Crippen LogP contribution in [0, 0.1) is 36.0 Å². The van der Waals surface area contributed by atoms with E-state index in [4.69, 9.17) is 11.6 Å². The number of terminal acetylenes is 1. The topological polar surface area (TPSA) is 32.6 Å². The van der Waals surface area contributed by atoms with Gasteiger partial charge in [0.25, 0.3) is 0 Å². The molecule has 0 aliphatic heterocycles. The molecule has 3 aliphatic rings. The van der Waals surface area contributed by atoms with Crippen LogP contribution in [0.25, 0.3) is 0 Å². The second-order valence-corrected chi connectivity index (χ2v) is 4.26. The Kier molecular flexibility index (Phi) is 1.41. The predicted molar refractivity (Wildman–Crippen MR) is 53.9 cm³/mol. The van der Waals surface area contributed by atoms with E-state index >= 15 is 0 Å². The maximum Gasteiger partial charge on any atom is 0.0991 e. The van der Waals surface area contributed by atoms with Crippen LogP contribution >= 0.6 is 0 Å². The first-order valence-electron chi connectivity index (χ1n) is 4.94. The van der Waals surface area contributed by atoms with Crippen LogP contribution in [0.15, 0.2) is 29.0 Å². The van der Waals surface area contributed by atoms with E-state index in [0.717, 1.165) is 11.3 Å². The fourth-order valence-corrected chi connectivity index (χ4v) is 3.17. The fourth-order valence-electron chi connectivity index (χ4n) is 3.17. The summed E-state index contributed by atoms with van der Waals surface area (Å²) < 4.78 is 0. The highest BCUT2D eigenvalue weighted by atomic mass is 16.4. The zero-order valence-corrected chi connectivity index (χ0v) is 7.72. The smallest absolute Gasteiger partial charge is 0.0991 e. The van der Waals surface area contributed by atoms with Gasteiger partial charge >= 0.3 is 0 Å². The van der Waals surface area contributed by atoms with Crippen LogP contribution in [0.3, 0.4) is 0 Å². The molecule has 1 fully saturated rings. The number of nitrogens with zero attached hydrogens (tertiary/aromatic N) is 1. The van der Waals surface area contributed by atoms with Crippen LogP contribution in [0.2, 0.25) is 0 Å². The minimum Gasteiger partial charge on any atom is -0.411 e. The third-order valence-electron chi connectivity index (χ3n) is 3.73. The molecule has 2 nitrogen and oxygen atoms in total. The largest absolute Gasteiger partial charge is 0.411 e. The lowest BCUT2D eigenvalue weighted by molar-refractivity contribution is 0.312. The molecule has 3 rings (SSSR count). The maximum atomic E-state index is 8.97. The summed E-state index contributed by atoms with van der Waals surface area (Å²) in [6.07, 6.45) is 13.2. The summed E-state index contributed by atoms with van der Waals surface area (Å²) in [5, 5.41) is 12.3. The van der Waals surface area contributed by atoms with Crippen LogP contribution < -0.4 is 0 Å². The molecule has 0 heterocycles. The number of allylic oxidation sites excluding steroid dienone is 4. The molecule has 2 bridgehead atoms. The van der Waals surface area contributed by atoms with Crippen molar-refractivity contribution in [1.29, 1.82) is 0 Å². The van der Waals surface area contributed by atoms with Crippen LogP contribution in [0.1, 0.15) is 6.42 Å². The quantitative estimate of drug-likeness (QED) is 0.265. The van der Waals surface area contributed by atoms with Crippen molar-refractivity contribution < 1.29 is 5.21 Å². The first-order valence-corrected chi connectivity index (χ1v) is 4.94. The summed E-state index contributed by atoms with van der Waals surface area (Å²) in [4.78, 5) is 0. The molecule has 1 saturated carbocycles. The molecule has 0 aromatic heterocycles. The highest BCUT2D eigenvalue weighted by Gasteiger charge is 2.49. The molecule has 3 aliphatic carbocycles. The molecule has 14 heavy (non-hydrogen) atoms. The lowest BCUT2D eigenvalue weighted by atomic mass is 9.84. The number of hydrogen-bond acceptors (Lipinski definition) is 2. The molecule has 4 unspecified atom stereocenters. The third kappa shape index (κ3) is 0.754. The van der Waals surface area contributed by atoms with Gasteiger partial charge in [0.1, 0.15) is 0 Å². The summed E-state index contributed by atoms with van der Waals surface area (Å²) in [5.74, 6) is 4.60. The molecule has 0 aromatic rings. The van der Waals surface area contributed by atoms with Gasteiger partial charge < -0.3 is 5.21 Å². The van der Waals surface area contributed by atoms with E-state index in [1.54, 1.807) is 0 Å². The van der Waals surface area contributed by atoms with Crippen molar-refractivity contribution in [2.24, 2.45) is 28.8 Å². The summed E-state index contributed by atoms with van der Waals surface area (Å²) >= 11 is 0. The molecule has 0 radical (unpaired) electrons. The number of hydrogen-bond donors (Lipinski definition) is 1. The maximum absolute atomic E-state index is 8.97. The molecule has 70 valence electrons. The molecule has 2 heteroatoms. The van der Waals surface area contributed by atoms with Crippen molar-refractivity contribution in [3.8, 4) is 12.3 Å². The van der Waals surface area contributed by atoms with Gasteiger partial charge in [0.05, 0.1) is 5.71 Å². The van der Waals surface area contributed by atoms with Gasteiger partial charge in [-0.25, -0.2) is 0 Å². The first-order chi connectivity index (χ1) is 6.85. The van der Waals surface area contributed by atoms with Gasteiger partial charge in [0.15, 0.2) is 0 Å². The van der Waals surface area contributed by atoms with Crippen molar-refractivity contribution in [3.63, 3.8) is 0 Å². The zero-order chi connectivity index (χ0) is 9.71. The Morgan fingerprint density at radius 2 is 2.21 bits per heavy atom. The van der Waals surface area contributed by atoms with E-state index < -0.39 is 0 Å².